The standard InChI is InChI=1S/C20H26N2O3/c1-14-6-8-17(9-7-14)21-20(23)13-22(3)12-16-11-19(25-5)18(24-4)10-15(16)2/h6-11H,12-13H2,1-5H3,(H,21,23). The molecular formula is C20H26N2O3. The Labute approximate surface area is 149 Å². The molecule has 25 heavy (non-hydrogen) atoms. The summed E-state index contributed by atoms with van der Waals surface area (Å²) in [6.07, 6.45) is 0. The summed E-state index contributed by atoms with van der Waals surface area (Å²) in [7, 11) is 5.17. The number of carbonyl (C=O) groups excluding carboxylic acids is 1. The normalized spacial score (nSPS) is 10.6. The quantitative estimate of drug-likeness (QED) is 0.838. The number of aryl methyl sites for hydroxylation is 2. The molecule has 5 nitrogen and oxygen atoms in total. The summed E-state index contributed by atoms with van der Waals surface area (Å²) in [5, 5.41) is 2.92. The molecule has 0 heterocycles. The first kappa shape index (κ1) is 18.8. The van der Waals surface area contributed by atoms with Crippen LogP contribution in [0.5, 0.6) is 11.5 Å². The summed E-state index contributed by atoms with van der Waals surface area (Å²) in [5.74, 6) is 1.37. The van der Waals surface area contributed by atoms with Gasteiger partial charge in [-0.15, -0.1) is 0 Å². The van der Waals surface area contributed by atoms with Crippen LogP contribution in [0.1, 0.15) is 16.7 Å². The van der Waals surface area contributed by atoms with Gasteiger partial charge in [0.05, 0.1) is 20.8 Å². The van der Waals surface area contributed by atoms with Gasteiger partial charge in [0.1, 0.15) is 0 Å². The summed E-state index contributed by atoms with van der Waals surface area (Å²) < 4.78 is 10.7. The van der Waals surface area contributed by atoms with Gasteiger partial charge in [0, 0.05) is 12.2 Å². The van der Waals surface area contributed by atoms with Crippen molar-refractivity contribution >= 4 is 11.6 Å². The largest absolute Gasteiger partial charge is 0.493 e. The molecule has 0 unspecified atom stereocenters. The van der Waals surface area contributed by atoms with E-state index in [2.05, 4.69) is 5.32 Å². The molecule has 2 aromatic carbocycles. The van der Waals surface area contributed by atoms with E-state index >= 15 is 0 Å². The molecule has 2 rings (SSSR count). The zero-order chi connectivity index (χ0) is 18.4. The van der Waals surface area contributed by atoms with E-state index in [1.165, 1.54) is 5.56 Å². The molecule has 0 atom stereocenters. The molecule has 5 heteroatoms. The average Bonchev–Trinajstić information content (AvgIpc) is 2.58. The molecule has 0 aliphatic heterocycles. The number of hydrogen-bond acceptors (Lipinski definition) is 4. The lowest BCUT2D eigenvalue weighted by Gasteiger charge is -2.19. The van der Waals surface area contributed by atoms with E-state index in [9.17, 15) is 4.79 Å². The van der Waals surface area contributed by atoms with Gasteiger partial charge in [-0.1, -0.05) is 17.7 Å². The number of methoxy groups -OCH3 is 2. The van der Waals surface area contributed by atoms with Gasteiger partial charge in [0.25, 0.3) is 0 Å². The second kappa shape index (κ2) is 8.53. The van der Waals surface area contributed by atoms with Crippen molar-refractivity contribution in [2.24, 2.45) is 0 Å². The van der Waals surface area contributed by atoms with Crippen molar-refractivity contribution in [1.29, 1.82) is 0 Å². The van der Waals surface area contributed by atoms with Gasteiger partial charge < -0.3 is 14.8 Å². The van der Waals surface area contributed by atoms with Gasteiger partial charge >= 0.3 is 0 Å². The second-order valence-electron chi connectivity index (χ2n) is 6.22. The monoisotopic (exact) mass is 342 g/mol. The van der Waals surface area contributed by atoms with E-state index in [0.717, 1.165) is 16.8 Å². The molecule has 0 bridgehead atoms. The van der Waals surface area contributed by atoms with E-state index < -0.39 is 0 Å². The Morgan fingerprint density at radius 2 is 1.64 bits per heavy atom. The molecule has 0 aromatic heterocycles. The number of nitrogens with zero attached hydrogens (tertiary/aromatic N) is 1. The van der Waals surface area contributed by atoms with E-state index in [1.807, 2.05) is 62.2 Å². The Hall–Kier alpha value is -2.53. The van der Waals surface area contributed by atoms with Crippen LogP contribution in [0.2, 0.25) is 0 Å². The maximum Gasteiger partial charge on any atom is 0.238 e. The number of anilines is 1. The van der Waals surface area contributed by atoms with Gasteiger partial charge in [-0.05, 0) is 56.3 Å². The summed E-state index contributed by atoms with van der Waals surface area (Å²) >= 11 is 0. The van der Waals surface area contributed by atoms with Crippen LogP contribution < -0.4 is 14.8 Å². The van der Waals surface area contributed by atoms with Crippen LogP contribution in [0.25, 0.3) is 0 Å². The Kier molecular flexibility index (Phi) is 6.42. The van der Waals surface area contributed by atoms with Gasteiger partial charge in [-0.2, -0.15) is 0 Å². The van der Waals surface area contributed by atoms with Crippen molar-refractivity contribution < 1.29 is 14.3 Å². The van der Waals surface area contributed by atoms with E-state index in [1.54, 1.807) is 14.2 Å². The van der Waals surface area contributed by atoms with Crippen LogP contribution in [0.3, 0.4) is 0 Å². The first-order chi connectivity index (χ1) is 11.9. The Morgan fingerprint density at radius 1 is 1.04 bits per heavy atom. The zero-order valence-corrected chi connectivity index (χ0v) is 15.6. The maximum atomic E-state index is 12.2. The minimum atomic E-state index is -0.0375. The van der Waals surface area contributed by atoms with Crippen LogP contribution in [0.15, 0.2) is 36.4 Å². The SMILES string of the molecule is COc1cc(C)c(CN(C)CC(=O)Nc2ccc(C)cc2)cc1OC. The Bertz CT molecular complexity index is 726. The van der Waals surface area contributed by atoms with E-state index in [0.29, 0.717) is 24.6 Å². The molecule has 0 aliphatic carbocycles. The third kappa shape index (κ3) is 5.22. The number of benzene rings is 2. The molecule has 0 radical (unpaired) electrons. The number of amides is 1. The van der Waals surface area contributed by atoms with E-state index in [-0.39, 0.29) is 5.91 Å². The topological polar surface area (TPSA) is 50.8 Å². The minimum Gasteiger partial charge on any atom is -0.493 e. The molecule has 1 N–H and O–H groups in total. The van der Waals surface area contributed by atoms with Gasteiger partial charge in [-0.25, -0.2) is 0 Å². The summed E-state index contributed by atoms with van der Waals surface area (Å²) in [6, 6.07) is 11.7. The summed E-state index contributed by atoms with van der Waals surface area (Å²) in [4.78, 5) is 14.2. The first-order valence-corrected chi connectivity index (χ1v) is 8.19. The van der Waals surface area contributed by atoms with Gasteiger partial charge in [0.2, 0.25) is 5.91 Å². The third-order valence-electron chi connectivity index (χ3n) is 4.03. The van der Waals surface area contributed by atoms with Crippen molar-refractivity contribution in [2.45, 2.75) is 20.4 Å². The van der Waals surface area contributed by atoms with Crippen LogP contribution in [0, 0.1) is 13.8 Å². The first-order valence-electron chi connectivity index (χ1n) is 8.19. The fraction of sp³-hybridized carbons (Fsp3) is 0.350. The predicted molar refractivity (Wildman–Crippen MR) is 100 cm³/mol. The highest BCUT2D eigenvalue weighted by atomic mass is 16.5. The minimum absolute atomic E-state index is 0.0375. The Morgan fingerprint density at radius 3 is 2.24 bits per heavy atom. The predicted octanol–water partition coefficient (Wildman–Crippen LogP) is 3.39. The molecule has 134 valence electrons. The third-order valence-corrected chi connectivity index (χ3v) is 4.03. The number of rotatable bonds is 7. The molecule has 0 spiro atoms. The molecular weight excluding hydrogens is 316 g/mol. The number of likely N-dealkylation sites (N-methyl/N-ethyl adjacent to an activating group) is 1. The van der Waals surface area contributed by atoms with Crippen molar-refractivity contribution in [2.75, 3.05) is 33.1 Å². The highest BCUT2D eigenvalue weighted by Gasteiger charge is 2.12. The number of hydrogen-bond donors (Lipinski definition) is 1. The van der Waals surface area contributed by atoms with Crippen LogP contribution in [0.4, 0.5) is 5.69 Å². The van der Waals surface area contributed by atoms with Crippen molar-refractivity contribution in [3.8, 4) is 11.5 Å². The summed E-state index contributed by atoms with van der Waals surface area (Å²) in [6.45, 7) is 5.00. The maximum absolute atomic E-state index is 12.2. The fourth-order valence-electron chi connectivity index (χ4n) is 2.62. The molecule has 2 aromatic rings. The highest BCUT2D eigenvalue weighted by Crippen LogP contribution is 2.30. The number of ether oxygens (including phenoxy) is 2. The Balaban J connectivity index is 1.98. The van der Waals surface area contributed by atoms with Crippen LogP contribution in [-0.4, -0.2) is 38.6 Å². The lowest BCUT2D eigenvalue weighted by atomic mass is 10.1. The summed E-state index contributed by atoms with van der Waals surface area (Å²) in [5.41, 5.74) is 4.18. The van der Waals surface area contributed by atoms with Crippen LogP contribution >= 0.6 is 0 Å². The lowest BCUT2D eigenvalue weighted by Crippen LogP contribution is -2.30. The van der Waals surface area contributed by atoms with Crippen LogP contribution in [-0.2, 0) is 11.3 Å². The van der Waals surface area contributed by atoms with Gasteiger partial charge in [0.15, 0.2) is 11.5 Å². The molecule has 0 aliphatic rings. The zero-order valence-electron chi connectivity index (χ0n) is 15.6. The highest BCUT2D eigenvalue weighted by molar-refractivity contribution is 5.92. The second-order valence-corrected chi connectivity index (χ2v) is 6.22. The average molecular weight is 342 g/mol. The van der Waals surface area contributed by atoms with Crippen molar-refractivity contribution in [3.05, 3.63) is 53.1 Å². The number of nitrogens with one attached hydrogen (secondary N) is 1. The molecule has 1 amide bonds. The van der Waals surface area contributed by atoms with Crippen molar-refractivity contribution in [1.82, 2.24) is 4.90 Å². The molecule has 0 saturated heterocycles. The number of carbonyl (C=O) groups is 1. The van der Waals surface area contributed by atoms with Crippen molar-refractivity contribution in [3.63, 3.8) is 0 Å². The molecule has 0 saturated carbocycles. The van der Waals surface area contributed by atoms with E-state index in [4.69, 9.17) is 9.47 Å². The fourth-order valence-corrected chi connectivity index (χ4v) is 2.62. The smallest absolute Gasteiger partial charge is 0.238 e. The molecule has 0 fully saturated rings. The van der Waals surface area contributed by atoms with Gasteiger partial charge in [-0.3, -0.25) is 9.69 Å². The lowest BCUT2D eigenvalue weighted by molar-refractivity contribution is -0.117.